The largest absolute Gasteiger partial charge is 0.354 e. The van der Waals surface area contributed by atoms with Crippen molar-refractivity contribution in [3.63, 3.8) is 0 Å². The van der Waals surface area contributed by atoms with Crippen molar-refractivity contribution >= 4 is 35.0 Å². The van der Waals surface area contributed by atoms with Crippen LogP contribution in [0.3, 0.4) is 0 Å². The molecule has 0 heterocycles. The molecule has 0 aliphatic carbocycles. The van der Waals surface area contributed by atoms with Crippen LogP contribution in [0.15, 0.2) is 42.5 Å². The van der Waals surface area contributed by atoms with Gasteiger partial charge in [-0.05, 0) is 37.1 Å². The molecule has 0 aliphatic rings. The van der Waals surface area contributed by atoms with Crippen LogP contribution in [0, 0.1) is 5.82 Å². The molecule has 0 saturated carbocycles. The second-order valence-corrected chi connectivity index (χ2v) is 7.27. The van der Waals surface area contributed by atoms with Crippen molar-refractivity contribution in [2.24, 2.45) is 0 Å². The van der Waals surface area contributed by atoms with Crippen LogP contribution >= 0.6 is 23.2 Å². The maximum absolute atomic E-state index is 14.2. The summed E-state index contributed by atoms with van der Waals surface area (Å²) in [5.74, 6) is -1.09. The quantitative estimate of drug-likeness (QED) is 0.671. The summed E-state index contributed by atoms with van der Waals surface area (Å²) in [5, 5.41) is 3.52. The Morgan fingerprint density at radius 3 is 2.36 bits per heavy atom. The summed E-state index contributed by atoms with van der Waals surface area (Å²) in [6.45, 7) is 4.03. The van der Waals surface area contributed by atoms with E-state index in [-0.39, 0.29) is 24.8 Å². The van der Waals surface area contributed by atoms with Crippen LogP contribution in [0.25, 0.3) is 0 Å². The smallest absolute Gasteiger partial charge is 0.242 e. The van der Waals surface area contributed by atoms with Gasteiger partial charge in [0.05, 0.1) is 6.42 Å². The Labute approximate surface area is 174 Å². The fourth-order valence-electron chi connectivity index (χ4n) is 2.74. The van der Waals surface area contributed by atoms with Crippen molar-refractivity contribution in [1.29, 1.82) is 0 Å². The van der Waals surface area contributed by atoms with Crippen molar-refractivity contribution in [2.75, 3.05) is 6.54 Å². The Morgan fingerprint density at radius 2 is 1.75 bits per heavy atom. The summed E-state index contributed by atoms with van der Waals surface area (Å²) in [7, 11) is 0. The molecule has 2 amide bonds. The molecule has 0 bridgehead atoms. The lowest BCUT2D eigenvalue weighted by molar-refractivity contribution is -0.140. The summed E-state index contributed by atoms with van der Waals surface area (Å²) < 4.78 is 14.2. The standard InChI is InChI=1S/C21H23Cl2FN2O2/c1-3-11-25-21(28)14(2)26(13-15-7-4-5-10-19(15)24)20(27)12-16-17(22)8-6-9-18(16)23/h4-10,14H,3,11-13H2,1-2H3,(H,25,28)/t14-/m0/s1. The highest BCUT2D eigenvalue weighted by molar-refractivity contribution is 6.36. The van der Waals surface area contributed by atoms with Gasteiger partial charge in [-0.2, -0.15) is 0 Å². The summed E-state index contributed by atoms with van der Waals surface area (Å²) in [5.41, 5.74) is 0.812. The number of halogens is 3. The van der Waals surface area contributed by atoms with E-state index < -0.39 is 11.9 Å². The van der Waals surface area contributed by atoms with Crippen LogP contribution in [-0.4, -0.2) is 29.3 Å². The minimum absolute atomic E-state index is 0.0334. The van der Waals surface area contributed by atoms with Gasteiger partial charge in [-0.3, -0.25) is 9.59 Å². The first-order valence-electron chi connectivity index (χ1n) is 9.08. The predicted octanol–water partition coefficient (Wildman–Crippen LogP) is 4.62. The summed E-state index contributed by atoms with van der Waals surface area (Å²) >= 11 is 12.4. The third-order valence-corrected chi connectivity index (χ3v) is 5.11. The fourth-order valence-corrected chi connectivity index (χ4v) is 3.27. The van der Waals surface area contributed by atoms with E-state index in [0.29, 0.717) is 27.7 Å². The number of hydrogen-bond donors (Lipinski definition) is 1. The zero-order valence-electron chi connectivity index (χ0n) is 15.8. The van der Waals surface area contributed by atoms with Crippen LogP contribution in [0.2, 0.25) is 10.0 Å². The average Bonchev–Trinajstić information content (AvgIpc) is 2.67. The maximum Gasteiger partial charge on any atom is 0.242 e. The van der Waals surface area contributed by atoms with Crippen LogP contribution in [0.1, 0.15) is 31.4 Å². The molecule has 4 nitrogen and oxygen atoms in total. The van der Waals surface area contributed by atoms with Gasteiger partial charge in [0.25, 0.3) is 0 Å². The molecule has 1 atom stereocenters. The van der Waals surface area contributed by atoms with E-state index in [1.54, 1.807) is 43.3 Å². The normalized spacial score (nSPS) is 11.8. The van der Waals surface area contributed by atoms with Gasteiger partial charge in [-0.1, -0.05) is 54.4 Å². The van der Waals surface area contributed by atoms with Gasteiger partial charge in [0.15, 0.2) is 0 Å². The molecule has 0 aliphatic heterocycles. The Morgan fingerprint density at radius 1 is 1.11 bits per heavy atom. The highest BCUT2D eigenvalue weighted by atomic mass is 35.5. The molecular formula is C21H23Cl2FN2O2. The average molecular weight is 425 g/mol. The lowest BCUT2D eigenvalue weighted by Gasteiger charge is -2.29. The van der Waals surface area contributed by atoms with E-state index in [1.807, 2.05) is 6.92 Å². The van der Waals surface area contributed by atoms with Crippen molar-refractivity contribution in [1.82, 2.24) is 10.2 Å². The van der Waals surface area contributed by atoms with Gasteiger partial charge in [-0.15, -0.1) is 0 Å². The van der Waals surface area contributed by atoms with Gasteiger partial charge in [0.1, 0.15) is 11.9 Å². The third kappa shape index (κ3) is 5.69. The van der Waals surface area contributed by atoms with Gasteiger partial charge in [-0.25, -0.2) is 4.39 Å². The van der Waals surface area contributed by atoms with E-state index in [4.69, 9.17) is 23.2 Å². The zero-order chi connectivity index (χ0) is 20.7. The number of carbonyl (C=O) groups is 2. The topological polar surface area (TPSA) is 49.4 Å². The van der Waals surface area contributed by atoms with Crippen LogP contribution < -0.4 is 5.32 Å². The SMILES string of the molecule is CCCNC(=O)[C@H](C)N(Cc1ccccc1F)C(=O)Cc1c(Cl)cccc1Cl. The lowest BCUT2D eigenvalue weighted by Crippen LogP contribution is -2.48. The second-order valence-electron chi connectivity index (χ2n) is 6.46. The fraction of sp³-hybridized carbons (Fsp3) is 0.333. The lowest BCUT2D eigenvalue weighted by atomic mass is 10.1. The number of carbonyl (C=O) groups excluding carboxylic acids is 2. The molecule has 0 saturated heterocycles. The van der Waals surface area contributed by atoms with E-state index >= 15 is 0 Å². The first-order valence-corrected chi connectivity index (χ1v) is 9.84. The number of nitrogens with zero attached hydrogens (tertiary/aromatic N) is 1. The van der Waals surface area contributed by atoms with Crippen molar-refractivity contribution < 1.29 is 14.0 Å². The molecule has 0 aromatic heterocycles. The zero-order valence-corrected chi connectivity index (χ0v) is 17.4. The van der Waals surface area contributed by atoms with Crippen LogP contribution in [-0.2, 0) is 22.6 Å². The van der Waals surface area contributed by atoms with E-state index in [2.05, 4.69) is 5.32 Å². The number of rotatable bonds is 8. The van der Waals surface area contributed by atoms with Gasteiger partial charge in [0, 0.05) is 28.7 Å². The predicted molar refractivity (Wildman–Crippen MR) is 110 cm³/mol. The molecule has 28 heavy (non-hydrogen) atoms. The minimum Gasteiger partial charge on any atom is -0.354 e. The highest BCUT2D eigenvalue weighted by Crippen LogP contribution is 2.26. The summed E-state index contributed by atoms with van der Waals surface area (Å²) in [6, 6.07) is 10.4. The molecule has 2 rings (SSSR count). The molecular weight excluding hydrogens is 402 g/mol. The Kier molecular flexibility index (Phi) is 8.27. The number of amides is 2. The van der Waals surface area contributed by atoms with Gasteiger partial charge in [0.2, 0.25) is 11.8 Å². The first kappa shape index (κ1) is 22.2. The molecule has 0 unspecified atom stereocenters. The molecule has 7 heteroatoms. The van der Waals surface area contributed by atoms with Crippen molar-refractivity contribution in [3.8, 4) is 0 Å². The second kappa shape index (κ2) is 10.4. The Bertz CT molecular complexity index is 825. The van der Waals surface area contributed by atoms with Crippen molar-refractivity contribution in [3.05, 3.63) is 69.5 Å². The molecule has 2 aromatic rings. The Hall–Kier alpha value is -2.11. The maximum atomic E-state index is 14.2. The van der Waals surface area contributed by atoms with Gasteiger partial charge < -0.3 is 10.2 Å². The number of benzene rings is 2. The molecule has 0 radical (unpaired) electrons. The highest BCUT2D eigenvalue weighted by Gasteiger charge is 2.27. The van der Waals surface area contributed by atoms with E-state index in [0.717, 1.165) is 6.42 Å². The third-order valence-electron chi connectivity index (χ3n) is 4.40. The molecule has 150 valence electrons. The Balaban J connectivity index is 2.29. The first-order chi connectivity index (χ1) is 13.3. The van der Waals surface area contributed by atoms with Crippen LogP contribution in [0.4, 0.5) is 4.39 Å². The molecule has 1 N–H and O–H groups in total. The minimum atomic E-state index is -0.778. The van der Waals surface area contributed by atoms with E-state index in [1.165, 1.54) is 11.0 Å². The molecule has 0 fully saturated rings. The molecule has 2 aromatic carbocycles. The summed E-state index contributed by atoms with van der Waals surface area (Å²) in [6.07, 6.45) is 0.688. The molecule has 0 spiro atoms. The van der Waals surface area contributed by atoms with E-state index in [9.17, 15) is 14.0 Å². The number of hydrogen-bond acceptors (Lipinski definition) is 2. The monoisotopic (exact) mass is 424 g/mol. The van der Waals surface area contributed by atoms with Gasteiger partial charge >= 0.3 is 0 Å². The summed E-state index contributed by atoms with van der Waals surface area (Å²) in [4.78, 5) is 26.9. The van der Waals surface area contributed by atoms with Crippen molar-refractivity contribution in [2.45, 2.75) is 39.3 Å². The number of nitrogens with one attached hydrogen (secondary N) is 1. The van der Waals surface area contributed by atoms with Crippen LogP contribution in [0.5, 0.6) is 0 Å².